The van der Waals surface area contributed by atoms with Crippen LogP contribution in [-0.2, 0) is 0 Å². The molecule has 0 nitrogen and oxygen atoms in total. The predicted octanol–water partition coefficient (Wildman–Crippen LogP) is 3.86. The van der Waals surface area contributed by atoms with Crippen molar-refractivity contribution < 1.29 is 0 Å². The Kier molecular flexibility index (Phi) is 8.00. The minimum absolute atomic E-state index is 0.583. The largest absolute Gasteiger partial charge is 0.0683 e. The molecule has 0 saturated carbocycles. The zero-order chi connectivity index (χ0) is 7.91. The van der Waals surface area contributed by atoms with Gasteiger partial charge in [-0.3, -0.25) is 0 Å². The summed E-state index contributed by atoms with van der Waals surface area (Å²) in [5, 5.41) is 0. The Morgan fingerprint density at radius 1 is 0.889 bits per heavy atom. The molecule has 0 aromatic heterocycles. The molecule has 0 aliphatic rings. The molecule has 0 unspecified atom stereocenters. The number of hydrogen-bond acceptors (Lipinski definition) is 0. The molecule has 0 aromatic rings. The van der Waals surface area contributed by atoms with Crippen molar-refractivity contribution in [2.24, 2.45) is 5.41 Å². The SMILES string of the molecule is CC.CCC(C)(C)CC. The minimum Gasteiger partial charge on any atom is -0.0683 e. The maximum Gasteiger partial charge on any atom is -0.0359 e. The van der Waals surface area contributed by atoms with Gasteiger partial charge in [0, 0.05) is 0 Å². The Labute approximate surface area is 60.7 Å². The average molecular weight is 130 g/mol. The second-order valence-corrected chi connectivity index (χ2v) is 2.87. The van der Waals surface area contributed by atoms with Crippen molar-refractivity contribution in [2.75, 3.05) is 0 Å². The fourth-order valence-corrected chi connectivity index (χ4v) is 0.250. The van der Waals surface area contributed by atoms with Crippen LogP contribution in [0.2, 0.25) is 0 Å². The summed E-state index contributed by atoms with van der Waals surface area (Å²) in [7, 11) is 0. The summed E-state index contributed by atoms with van der Waals surface area (Å²) in [6.07, 6.45) is 2.59. The van der Waals surface area contributed by atoms with E-state index in [0.29, 0.717) is 5.41 Å². The van der Waals surface area contributed by atoms with Gasteiger partial charge in [-0.25, -0.2) is 0 Å². The number of rotatable bonds is 2. The lowest BCUT2D eigenvalue weighted by Gasteiger charge is -2.18. The molecule has 0 rings (SSSR count). The highest BCUT2D eigenvalue weighted by Gasteiger charge is 2.09. The number of hydrogen-bond donors (Lipinski definition) is 0. The van der Waals surface area contributed by atoms with E-state index in [1.54, 1.807) is 0 Å². The van der Waals surface area contributed by atoms with Crippen LogP contribution >= 0.6 is 0 Å². The summed E-state index contributed by atoms with van der Waals surface area (Å²) in [5.74, 6) is 0. The zero-order valence-electron chi connectivity index (χ0n) is 7.91. The molecule has 0 aliphatic heterocycles. The van der Waals surface area contributed by atoms with Crippen LogP contribution in [0.4, 0.5) is 0 Å². The van der Waals surface area contributed by atoms with Crippen LogP contribution < -0.4 is 0 Å². The van der Waals surface area contributed by atoms with E-state index < -0.39 is 0 Å². The normalized spacial score (nSPS) is 10.0. The van der Waals surface area contributed by atoms with E-state index in [-0.39, 0.29) is 0 Å². The Bertz CT molecular complexity index is 38.0. The second kappa shape index (κ2) is 6.12. The highest BCUT2D eigenvalue weighted by atomic mass is 14.1. The predicted molar refractivity (Wildman–Crippen MR) is 45.7 cm³/mol. The van der Waals surface area contributed by atoms with Crippen LogP contribution in [0.3, 0.4) is 0 Å². The molecule has 0 aromatic carbocycles. The van der Waals surface area contributed by atoms with E-state index in [0.717, 1.165) is 0 Å². The lowest BCUT2D eigenvalue weighted by atomic mass is 9.88. The standard InChI is InChI=1S/C7H16.C2H6/c1-5-7(3,4)6-2;1-2/h5-6H2,1-4H3;1-2H3. The van der Waals surface area contributed by atoms with Crippen LogP contribution in [-0.4, -0.2) is 0 Å². The highest BCUT2D eigenvalue weighted by Crippen LogP contribution is 2.22. The van der Waals surface area contributed by atoms with E-state index in [2.05, 4.69) is 27.7 Å². The summed E-state index contributed by atoms with van der Waals surface area (Å²) >= 11 is 0. The molecular formula is C9H22. The van der Waals surface area contributed by atoms with Gasteiger partial charge in [0.05, 0.1) is 0 Å². The minimum atomic E-state index is 0.583. The topological polar surface area (TPSA) is 0 Å². The van der Waals surface area contributed by atoms with Crippen LogP contribution in [0.15, 0.2) is 0 Å². The van der Waals surface area contributed by atoms with Gasteiger partial charge in [-0.05, 0) is 5.41 Å². The molecule has 0 heteroatoms. The molecule has 0 fully saturated rings. The highest BCUT2D eigenvalue weighted by molar-refractivity contribution is 4.61. The molecule has 0 heterocycles. The van der Waals surface area contributed by atoms with Crippen molar-refractivity contribution in [3.05, 3.63) is 0 Å². The quantitative estimate of drug-likeness (QED) is 0.532. The van der Waals surface area contributed by atoms with Gasteiger partial charge in [-0.2, -0.15) is 0 Å². The van der Waals surface area contributed by atoms with E-state index >= 15 is 0 Å². The van der Waals surface area contributed by atoms with Crippen molar-refractivity contribution in [2.45, 2.75) is 54.4 Å². The van der Waals surface area contributed by atoms with Gasteiger partial charge < -0.3 is 0 Å². The first kappa shape index (κ1) is 11.8. The van der Waals surface area contributed by atoms with Gasteiger partial charge >= 0.3 is 0 Å². The monoisotopic (exact) mass is 130 g/mol. The molecule has 58 valence electrons. The molecule has 0 amide bonds. The third-order valence-corrected chi connectivity index (χ3v) is 1.91. The van der Waals surface area contributed by atoms with Crippen molar-refractivity contribution in [1.29, 1.82) is 0 Å². The third-order valence-electron chi connectivity index (χ3n) is 1.91. The maximum absolute atomic E-state index is 2.30. The molecule has 0 spiro atoms. The second-order valence-electron chi connectivity index (χ2n) is 2.87. The molecule has 0 radical (unpaired) electrons. The summed E-state index contributed by atoms with van der Waals surface area (Å²) < 4.78 is 0. The van der Waals surface area contributed by atoms with Gasteiger partial charge in [0.15, 0.2) is 0 Å². The summed E-state index contributed by atoms with van der Waals surface area (Å²) in [4.78, 5) is 0. The maximum atomic E-state index is 2.30. The van der Waals surface area contributed by atoms with Crippen molar-refractivity contribution in [3.63, 3.8) is 0 Å². The first-order valence-corrected chi connectivity index (χ1v) is 4.12. The molecule has 0 aliphatic carbocycles. The van der Waals surface area contributed by atoms with Gasteiger partial charge in [-0.15, -0.1) is 0 Å². The van der Waals surface area contributed by atoms with E-state index in [1.807, 2.05) is 13.8 Å². The third kappa shape index (κ3) is 8.00. The smallest absolute Gasteiger partial charge is 0.0359 e. The van der Waals surface area contributed by atoms with Crippen LogP contribution in [0.1, 0.15) is 54.4 Å². The Morgan fingerprint density at radius 2 is 1.11 bits per heavy atom. The fraction of sp³-hybridized carbons (Fsp3) is 1.00. The van der Waals surface area contributed by atoms with Crippen LogP contribution in [0, 0.1) is 5.41 Å². The zero-order valence-corrected chi connectivity index (χ0v) is 7.91. The van der Waals surface area contributed by atoms with E-state index in [4.69, 9.17) is 0 Å². The Hall–Kier alpha value is 0. The van der Waals surface area contributed by atoms with E-state index in [1.165, 1.54) is 12.8 Å². The molecule has 9 heavy (non-hydrogen) atoms. The molecule has 0 bridgehead atoms. The first-order chi connectivity index (χ1) is 4.12. The van der Waals surface area contributed by atoms with E-state index in [9.17, 15) is 0 Å². The molecule has 0 N–H and O–H groups in total. The van der Waals surface area contributed by atoms with Gasteiger partial charge in [-0.1, -0.05) is 54.4 Å². The Balaban J connectivity index is 0. The fourth-order valence-electron chi connectivity index (χ4n) is 0.250. The van der Waals surface area contributed by atoms with Crippen LogP contribution in [0.25, 0.3) is 0 Å². The van der Waals surface area contributed by atoms with Crippen molar-refractivity contribution in [3.8, 4) is 0 Å². The average Bonchev–Trinajstić information content (AvgIpc) is 1.93. The summed E-state index contributed by atoms with van der Waals surface area (Å²) in [6, 6.07) is 0. The summed E-state index contributed by atoms with van der Waals surface area (Å²) in [6.45, 7) is 13.1. The first-order valence-electron chi connectivity index (χ1n) is 4.12. The van der Waals surface area contributed by atoms with Gasteiger partial charge in [0.1, 0.15) is 0 Å². The van der Waals surface area contributed by atoms with Crippen molar-refractivity contribution in [1.82, 2.24) is 0 Å². The lowest BCUT2D eigenvalue weighted by molar-refractivity contribution is 0.338. The van der Waals surface area contributed by atoms with Gasteiger partial charge in [0.25, 0.3) is 0 Å². The lowest BCUT2D eigenvalue weighted by Crippen LogP contribution is -2.05. The molecule has 0 atom stereocenters. The Morgan fingerprint density at radius 3 is 1.11 bits per heavy atom. The summed E-state index contributed by atoms with van der Waals surface area (Å²) in [5.41, 5.74) is 0.583. The van der Waals surface area contributed by atoms with Gasteiger partial charge in [0.2, 0.25) is 0 Å². The van der Waals surface area contributed by atoms with Crippen LogP contribution in [0.5, 0.6) is 0 Å². The van der Waals surface area contributed by atoms with Crippen molar-refractivity contribution >= 4 is 0 Å². The molecule has 0 saturated heterocycles. The molecular weight excluding hydrogens is 108 g/mol.